The van der Waals surface area contributed by atoms with Gasteiger partial charge in [0, 0.05) is 0 Å². The van der Waals surface area contributed by atoms with Crippen LogP contribution >= 0.6 is 0 Å². The summed E-state index contributed by atoms with van der Waals surface area (Å²) in [6, 6.07) is 0. The second-order valence-electron chi connectivity index (χ2n) is 4.91. The molecule has 1 atom stereocenters. The molecular formula is C16H28O3. The Morgan fingerprint density at radius 3 is 2.11 bits per heavy atom. The molecule has 3 nitrogen and oxygen atoms in total. The first-order valence-corrected chi connectivity index (χ1v) is 7.37. The van der Waals surface area contributed by atoms with Crippen LogP contribution in [0.5, 0.6) is 0 Å². The van der Waals surface area contributed by atoms with Crippen molar-refractivity contribution in [3.8, 4) is 0 Å². The van der Waals surface area contributed by atoms with E-state index in [9.17, 15) is 9.90 Å². The molecule has 0 aliphatic heterocycles. The van der Waals surface area contributed by atoms with E-state index in [4.69, 9.17) is 5.11 Å². The van der Waals surface area contributed by atoms with Crippen molar-refractivity contribution >= 4 is 5.97 Å². The quantitative estimate of drug-likeness (QED) is 0.318. The third kappa shape index (κ3) is 9.48. The minimum absolute atomic E-state index is 0.0398. The number of allylic oxidation sites excluding steroid dienone is 1. The highest BCUT2D eigenvalue weighted by Crippen LogP contribution is 2.12. The first-order valence-electron chi connectivity index (χ1n) is 7.37. The van der Waals surface area contributed by atoms with Gasteiger partial charge in [-0.15, -0.1) is 6.58 Å². The number of aliphatic carboxylic acids is 1. The molecule has 0 saturated carbocycles. The van der Waals surface area contributed by atoms with Crippen molar-refractivity contribution in [2.45, 2.75) is 70.8 Å². The lowest BCUT2D eigenvalue weighted by Crippen LogP contribution is -2.15. The first-order chi connectivity index (χ1) is 9.13. The van der Waals surface area contributed by atoms with Crippen LogP contribution in [-0.2, 0) is 4.79 Å². The van der Waals surface area contributed by atoms with Crippen molar-refractivity contribution in [1.29, 1.82) is 0 Å². The van der Waals surface area contributed by atoms with Crippen LogP contribution in [0.25, 0.3) is 0 Å². The fourth-order valence-electron chi connectivity index (χ4n) is 2.00. The highest BCUT2D eigenvalue weighted by atomic mass is 16.4. The summed E-state index contributed by atoms with van der Waals surface area (Å²) in [7, 11) is 0. The Bertz CT molecular complexity index is 282. The Kier molecular flexibility index (Phi) is 11.3. The van der Waals surface area contributed by atoms with Gasteiger partial charge in [-0.3, -0.25) is 0 Å². The molecule has 0 aromatic rings. The Hall–Kier alpha value is -1.09. The molecule has 19 heavy (non-hydrogen) atoms. The summed E-state index contributed by atoms with van der Waals surface area (Å²) in [5, 5.41) is 18.4. The van der Waals surface area contributed by atoms with Gasteiger partial charge in [0.05, 0.1) is 5.57 Å². The molecule has 0 amide bonds. The molecule has 0 bridgehead atoms. The fraction of sp³-hybridized carbons (Fsp3) is 0.688. The monoisotopic (exact) mass is 268 g/mol. The van der Waals surface area contributed by atoms with Crippen LogP contribution in [0.1, 0.15) is 64.7 Å². The number of carbonyl (C=O) groups is 1. The molecule has 0 saturated heterocycles. The van der Waals surface area contributed by atoms with Crippen LogP contribution in [0.3, 0.4) is 0 Å². The Morgan fingerprint density at radius 1 is 1.11 bits per heavy atom. The molecule has 0 rings (SSSR count). The first kappa shape index (κ1) is 17.9. The molecule has 0 spiro atoms. The molecule has 0 fully saturated rings. The third-order valence-corrected chi connectivity index (χ3v) is 3.21. The standard InChI is InChI=1S/C16H28O3/c1-3-5-6-7-8-9-10-11-12-13-14(16(18)19)15(17)4-2/h4,13,15,17H,2-3,5-12H2,1H3,(H,18,19)/b14-13-. The van der Waals surface area contributed by atoms with Crippen LogP contribution in [0.2, 0.25) is 0 Å². The number of rotatable bonds is 12. The normalized spacial score (nSPS) is 13.3. The van der Waals surface area contributed by atoms with Crippen molar-refractivity contribution in [3.05, 3.63) is 24.3 Å². The topological polar surface area (TPSA) is 57.5 Å². The number of hydrogen-bond donors (Lipinski definition) is 2. The van der Waals surface area contributed by atoms with Gasteiger partial charge < -0.3 is 10.2 Å². The molecule has 2 N–H and O–H groups in total. The molecule has 1 unspecified atom stereocenters. The minimum Gasteiger partial charge on any atom is -0.478 e. The Labute approximate surface area is 117 Å². The van der Waals surface area contributed by atoms with E-state index in [1.165, 1.54) is 44.6 Å². The summed E-state index contributed by atoms with van der Waals surface area (Å²) in [6.45, 7) is 5.62. The maximum absolute atomic E-state index is 10.9. The van der Waals surface area contributed by atoms with Crippen molar-refractivity contribution in [3.63, 3.8) is 0 Å². The van der Waals surface area contributed by atoms with Gasteiger partial charge in [0.25, 0.3) is 0 Å². The maximum Gasteiger partial charge on any atom is 0.334 e. The van der Waals surface area contributed by atoms with Crippen LogP contribution in [0.4, 0.5) is 0 Å². The zero-order valence-corrected chi connectivity index (χ0v) is 12.1. The second kappa shape index (κ2) is 12.0. The van der Waals surface area contributed by atoms with Crippen LogP contribution in [0.15, 0.2) is 24.3 Å². The maximum atomic E-state index is 10.9. The Morgan fingerprint density at radius 2 is 1.63 bits per heavy atom. The summed E-state index contributed by atoms with van der Waals surface area (Å²) < 4.78 is 0. The lowest BCUT2D eigenvalue weighted by Gasteiger charge is -2.06. The highest BCUT2D eigenvalue weighted by Gasteiger charge is 2.13. The van der Waals surface area contributed by atoms with Gasteiger partial charge in [0.15, 0.2) is 0 Å². The van der Waals surface area contributed by atoms with E-state index in [0.29, 0.717) is 6.42 Å². The summed E-state index contributed by atoms with van der Waals surface area (Å²) in [6.07, 6.45) is 12.3. The van der Waals surface area contributed by atoms with Gasteiger partial charge in [-0.2, -0.15) is 0 Å². The van der Waals surface area contributed by atoms with Crippen molar-refractivity contribution in [2.24, 2.45) is 0 Å². The van der Waals surface area contributed by atoms with E-state index in [2.05, 4.69) is 13.5 Å². The predicted octanol–water partition coefficient (Wildman–Crippen LogP) is 4.08. The summed E-state index contributed by atoms with van der Waals surface area (Å²) in [5.74, 6) is -1.06. The molecule has 0 aliphatic carbocycles. The summed E-state index contributed by atoms with van der Waals surface area (Å²) in [5.41, 5.74) is 0.0398. The van der Waals surface area contributed by atoms with E-state index in [0.717, 1.165) is 12.8 Å². The number of carboxylic acid groups (broad SMARTS) is 1. The molecule has 0 radical (unpaired) electrons. The summed E-state index contributed by atoms with van der Waals surface area (Å²) >= 11 is 0. The SMILES string of the molecule is C=CC(O)/C(=C/CCCCCCCCCC)C(=O)O. The average molecular weight is 268 g/mol. The van der Waals surface area contributed by atoms with Crippen molar-refractivity contribution in [1.82, 2.24) is 0 Å². The second-order valence-corrected chi connectivity index (χ2v) is 4.91. The zero-order chi connectivity index (χ0) is 14.5. The molecule has 0 aromatic carbocycles. The molecule has 110 valence electrons. The van der Waals surface area contributed by atoms with Crippen molar-refractivity contribution in [2.75, 3.05) is 0 Å². The largest absolute Gasteiger partial charge is 0.478 e. The predicted molar refractivity (Wildman–Crippen MR) is 79.1 cm³/mol. The number of aliphatic hydroxyl groups excluding tert-OH is 1. The van der Waals surface area contributed by atoms with Crippen LogP contribution < -0.4 is 0 Å². The number of aliphatic hydroxyl groups is 1. The summed E-state index contributed by atoms with van der Waals surface area (Å²) in [4.78, 5) is 10.9. The van der Waals surface area contributed by atoms with Crippen LogP contribution in [-0.4, -0.2) is 22.3 Å². The van der Waals surface area contributed by atoms with Gasteiger partial charge in [0.1, 0.15) is 6.10 Å². The van der Waals surface area contributed by atoms with Gasteiger partial charge in [-0.1, -0.05) is 64.0 Å². The highest BCUT2D eigenvalue weighted by molar-refractivity contribution is 5.88. The van der Waals surface area contributed by atoms with Crippen LogP contribution in [0, 0.1) is 0 Å². The number of carboxylic acids is 1. The zero-order valence-electron chi connectivity index (χ0n) is 12.1. The van der Waals surface area contributed by atoms with E-state index >= 15 is 0 Å². The third-order valence-electron chi connectivity index (χ3n) is 3.21. The number of unbranched alkanes of at least 4 members (excludes halogenated alkanes) is 8. The average Bonchev–Trinajstić information content (AvgIpc) is 2.40. The molecule has 0 heterocycles. The molecule has 0 aliphatic rings. The van der Waals surface area contributed by atoms with Gasteiger partial charge in [-0.25, -0.2) is 4.79 Å². The van der Waals surface area contributed by atoms with Crippen molar-refractivity contribution < 1.29 is 15.0 Å². The number of hydrogen-bond acceptors (Lipinski definition) is 2. The lowest BCUT2D eigenvalue weighted by molar-refractivity contribution is -0.133. The smallest absolute Gasteiger partial charge is 0.334 e. The lowest BCUT2D eigenvalue weighted by atomic mass is 10.0. The van der Waals surface area contributed by atoms with E-state index in [-0.39, 0.29) is 5.57 Å². The Balaban J connectivity index is 3.69. The molecule has 0 aromatic heterocycles. The minimum atomic E-state index is -1.06. The van der Waals surface area contributed by atoms with Gasteiger partial charge in [0.2, 0.25) is 0 Å². The fourth-order valence-corrected chi connectivity index (χ4v) is 2.00. The molecule has 3 heteroatoms. The van der Waals surface area contributed by atoms with E-state index < -0.39 is 12.1 Å². The van der Waals surface area contributed by atoms with E-state index in [1.807, 2.05) is 0 Å². The van der Waals surface area contributed by atoms with Gasteiger partial charge >= 0.3 is 5.97 Å². The molecular weight excluding hydrogens is 240 g/mol. The van der Waals surface area contributed by atoms with Gasteiger partial charge in [-0.05, 0) is 12.8 Å². The van der Waals surface area contributed by atoms with E-state index in [1.54, 1.807) is 6.08 Å².